The van der Waals surface area contributed by atoms with Gasteiger partial charge in [-0.2, -0.15) is 18.4 Å². The number of rotatable bonds is 4. The monoisotopic (exact) mass is 354 g/mol. The van der Waals surface area contributed by atoms with Gasteiger partial charge in [0.1, 0.15) is 5.82 Å². The van der Waals surface area contributed by atoms with Crippen molar-refractivity contribution in [2.24, 2.45) is 5.10 Å². The van der Waals surface area contributed by atoms with E-state index in [9.17, 15) is 12.8 Å². The number of benzene rings is 2. The Bertz CT molecular complexity index is 880. The molecular weight excluding hydrogens is 339 g/mol. The summed E-state index contributed by atoms with van der Waals surface area (Å²) in [5, 5.41) is 4.04. The Labute approximate surface area is 140 Å². The van der Waals surface area contributed by atoms with Crippen molar-refractivity contribution in [3.63, 3.8) is 0 Å². The van der Waals surface area contributed by atoms with Crippen LogP contribution in [0.5, 0.6) is 0 Å². The highest BCUT2D eigenvalue weighted by atomic mass is 35.5. The van der Waals surface area contributed by atoms with E-state index in [1.54, 1.807) is 26.0 Å². The van der Waals surface area contributed by atoms with Gasteiger partial charge in [-0.25, -0.2) is 4.39 Å². The fraction of sp³-hybridized carbons (Fsp3) is 0.188. The zero-order valence-corrected chi connectivity index (χ0v) is 14.5. The maximum absolute atomic E-state index is 13.1. The van der Waals surface area contributed by atoms with Crippen LogP contribution in [0.2, 0.25) is 5.02 Å². The summed E-state index contributed by atoms with van der Waals surface area (Å²) in [7, 11) is -3.79. The van der Waals surface area contributed by atoms with Gasteiger partial charge in [-0.15, -0.1) is 0 Å². The van der Waals surface area contributed by atoms with Crippen LogP contribution >= 0.6 is 11.6 Å². The third-order valence-electron chi connectivity index (χ3n) is 3.29. The summed E-state index contributed by atoms with van der Waals surface area (Å²) in [6.45, 7) is 5.11. The number of hydrogen-bond donors (Lipinski definition) is 1. The van der Waals surface area contributed by atoms with Crippen molar-refractivity contribution in [2.75, 3.05) is 0 Å². The fourth-order valence-corrected chi connectivity index (χ4v) is 3.51. The average molecular weight is 355 g/mol. The molecule has 0 heterocycles. The van der Waals surface area contributed by atoms with Crippen LogP contribution in [0.4, 0.5) is 4.39 Å². The SMILES string of the molecule is C/C(=N/NS(=O)(=O)c1cc(C)ccc1C)c1ccc(F)cc1Cl. The number of aryl methyl sites for hydroxylation is 2. The average Bonchev–Trinajstić information content (AvgIpc) is 2.47. The first-order chi connectivity index (χ1) is 10.7. The molecule has 0 radical (unpaired) electrons. The van der Waals surface area contributed by atoms with Gasteiger partial charge in [-0.3, -0.25) is 0 Å². The van der Waals surface area contributed by atoms with E-state index < -0.39 is 15.8 Å². The van der Waals surface area contributed by atoms with Crippen LogP contribution in [-0.4, -0.2) is 14.1 Å². The van der Waals surface area contributed by atoms with Crippen LogP contribution in [0.1, 0.15) is 23.6 Å². The minimum Gasteiger partial charge on any atom is -0.207 e. The molecule has 0 bridgehead atoms. The quantitative estimate of drug-likeness (QED) is 0.670. The highest BCUT2D eigenvalue weighted by Gasteiger charge is 2.16. The van der Waals surface area contributed by atoms with Crippen molar-refractivity contribution in [3.05, 3.63) is 63.9 Å². The molecule has 0 unspecified atom stereocenters. The molecule has 2 aromatic carbocycles. The van der Waals surface area contributed by atoms with E-state index in [0.717, 1.165) is 11.6 Å². The van der Waals surface area contributed by atoms with Gasteiger partial charge < -0.3 is 0 Å². The lowest BCUT2D eigenvalue weighted by Gasteiger charge is -2.09. The standard InChI is InChI=1S/C16H16ClFN2O2S/c1-10-4-5-11(2)16(8-10)23(21,22)20-19-12(3)14-7-6-13(18)9-15(14)17/h4-9,20H,1-3H3/b19-12-. The van der Waals surface area contributed by atoms with Crippen molar-refractivity contribution in [2.45, 2.75) is 25.7 Å². The molecule has 0 atom stereocenters. The molecule has 0 saturated heterocycles. The van der Waals surface area contributed by atoms with Gasteiger partial charge in [0, 0.05) is 5.56 Å². The zero-order valence-electron chi connectivity index (χ0n) is 12.9. The van der Waals surface area contributed by atoms with E-state index in [2.05, 4.69) is 9.93 Å². The van der Waals surface area contributed by atoms with Crippen LogP contribution in [-0.2, 0) is 10.0 Å². The van der Waals surface area contributed by atoms with E-state index in [-0.39, 0.29) is 9.92 Å². The molecular formula is C16H16ClFN2O2S. The summed E-state index contributed by atoms with van der Waals surface area (Å²) in [5.41, 5.74) is 2.25. The van der Waals surface area contributed by atoms with Gasteiger partial charge in [0.2, 0.25) is 0 Å². The third kappa shape index (κ3) is 4.09. The first-order valence-corrected chi connectivity index (χ1v) is 8.65. The van der Waals surface area contributed by atoms with E-state index >= 15 is 0 Å². The topological polar surface area (TPSA) is 58.5 Å². The molecule has 0 aliphatic carbocycles. The van der Waals surface area contributed by atoms with Crippen molar-refractivity contribution < 1.29 is 12.8 Å². The molecule has 0 aliphatic rings. The van der Waals surface area contributed by atoms with Gasteiger partial charge in [-0.05, 0) is 56.2 Å². The molecule has 0 aromatic heterocycles. The Morgan fingerprint density at radius 3 is 2.52 bits per heavy atom. The molecule has 23 heavy (non-hydrogen) atoms. The van der Waals surface area contributed by atoms with Gasteiger partial charge in [0.15, 0.2) is 0 Å². The van der Waals surface area contributed by atoms with Crippen molar-refractivity contribution in [1.82, 2.24) is 4.83 Å². The fourth-order valence-electron chi connectivity index (χ4n) is 2.02. The molecule has 4 nitrogen and oxygen atoms in total. The molecule has 0 spiro atoms. The smallest absolute Gasteiger partial charge is 0.207 e. The van der Waals surface area contributed by atoms with Gasteiger partial charge in [0.25, 0.3) is 10.0 Å². The molecule has 122 valence electrons. The number of nitrogens with zero attached hydrogens (tertiary/aromatic N) is 1. The summed E-state index contributed by atoms with van der Waals surface area (Å²) in [6.07, 6.45) is 0. The Balaban J connectivity index is 2.32. The van der Waals surface area contributed by atoms with Crippen LogP contribution in [0.25, 0.3) is 0 Å². The second-order valence-electron chi connectivity index (χ2n) is 5.19. The van der Waals surface area contributed by atoms with E-state index in [4.69, 9.17) is 11.6 Å². The summed E-state index contributed by atoms with van der Waals surface area (Å²) in [4.78, 5) is 2.36. The molecule has 2 aromatic rings. The van der Waals surface area contributed by atoms with Crippen molar-refractivity contribution in [3.8, 4) is 0 Å². The second-order valence-corrected chi connectivity index (χ2v) is 7.22. The zero-order chi connectivity index (χ0) is 17.2. The van der Waals surface area contributed by atoms with Crippen molar-refractivity contribution >= 4 is 27.3 Å². The molecule has 1 N–H and O–H groups in total. The second kappa shape index (κ2) is 6.68. The lowest BCUT2D eigenvalue weighted by atomic mass is 10.1. The van der Waals surface area contributed by atoms with E-state index in [1.807, 2.05) is 13.0 Å². The highest BCUT2D eigenvalue weighted by Crippen LogP contribution is 2.19. The first kappa shape index (κ1) is 17.4. The molecule has 2 rings (SSSR count). The molecule has 0 saturated carbocycles. The van der Waals surface area contributed by atoms with Gasteiger partial charge in [-0.1, -0.05) is 23.7 Å². The predicted molar refractivity (Wildman–Crippen MR) is 89.9 cm³/mol. The highest BCUT2D eigenvalue weighted by molar-refractivity contribution is 7.89. The van der Waals surface area contributed by atoms with Crippen LogP contribution in [0.15, 0.2) is 46.4 Å². The lowest BCUT2D eigenvalue weighted by molar-refractivity contribution is 0.583. The molecule has 0 aliphatic heterocycles. The largest absolute Gasteiger partial charge is 0.276 e. The van der Waals surface area contributed by atoms with Gasteiger partial charge in [0.05, 0.1) is 15.6 Å². The van der Waals surface area contributed by atoms with E-state index in [0.29, 0.717) is 16.8 Å². The summed E-state index contributed by atoms with van der Waals surface area (Å²) < 4.78 is 37.8. The minimum atomic E-state index is -3.79. The van der Waals surface area contributed by atoms with Crippen molar-refractivity contribution in [1.29, 1.82) is 0 Å². The Kier molecular flexibility index (Phi) is 5.06. The summed E-state index contributed by atoms with van der Waals surface area (Å²) in [5.74, 6) is -0.470. The van der Waals surface area contributed by atoms with Crippen LogP contribution < -0.4 is 4.83 Å². The Morgan fingerprint density at radius 1 is 1.17 bits per heavy atom. The number of hydrogen-bond acceptors (Lipinski definition) is 3. The number of halogens is 2. The normalized spacial score (nSPS) is 12.3. The van der Waals surface area contributed by atoms with E-state index in [1.165, 1.54) is 12.1 Å². The first-order valence-electron chi connectivity index (χ1n) is 6.79. The third-order valence-corrected chi connectivity index (χ3v) is 4.95. The number of nitrogens with one attached hydrogen (secondary N) is 1. The maximum atomic E-state index is 13.1. The Morgan fingerprint density at radius 2 is 1.87 bits per heavy atom. The summed E-state index contributed by atoms with van der Waals surface area (Å²) in [6, 6.07) is 8.98. The minimum absolute atomic E-state index is 0.164. The Hall–Kier alpha value is -1.92. The predicted octanol–water partition coefficient (Wildman–Crippen LogP) is 3.80. The number of sulfonamides is 1. The molecule has 0 fully saturated rings. The lowest BCUT2D eigenvalue weighted by Crippen LogP contribution is -2.21. The van der Waals surface area contributed by atoms with Crippen LogP contribution in [0.3, 0.4) is 0 Å². The van der Waals surface area contributed by atoms with Gasteiger partial charge >= 0.3 is 0 Å². The molecule has 0 amide bonds. The van der Waals surface area contributed by atoms with Crippen LogP contribution in [0, 0.1) is 19.7 Å². The summed E-state index contributed by atoms with van der Waals surface area (Å²) >= 11 is 5.94. The number of hydrazone groups is 1. The molecule has 7 heteroatoms. The maximum Gasteiger partial charge on any atom is 0.276 e.